The molecule has 0 fully saturated rings. The molecule has 0 aliphatic rings. The van der Waals surface area contributed by atoms with Crippen LogP contribution >= 0.6 is 0 Å². The molecule has 1 amide bonds. The first-order chi connectivity index (χ1) is 8.66. The van der Waals surface area contributed by atoms with E-state index in [1.165, 1.54) is 11.9 Å². The van der Waals surface area contributed by atoms with E-state index in [2.05, 4.69) is 29.1 Å². The fourth-order valence-electron chi connectivity index (χ4n) is 1.57. The number of anilines is 1. The summed E-state index contributed by atoms with van der Waals surface area (Å²) >= 11 is 0. The molecular weight excluding hydrogens is 226 g/mol. The van der Waals surface area contributed by atoms with Gasteiger partial charge >= 0.3 is 0 Å². The van der Waals surface area contributed by atoms with E-state index in [1.807, 2.05) is 24.3 Å². The first-order valence-electron chi connectivity index (χ1n) is 5.84. The largest absolute Gasteiger partial charge is 0.321 e. The molecule has 4 heteroatoms. The Morgan fingerprint density at radius 1 is 1.17 bits per heavy atom. The van der Waals surface area contributed by atoms with Crippen molar-refractivity contribution < 1.29 is 4.79 Å². The molecule has 0 atom stereocenters. The summed E-state index contributed by atoms with van der Waals surface area (Å²) in [7, 11) is 0. The maximum Gasteiger partial charge on any atom is 0.274 e. The van der Waals surface area contributed by atoms with E-state index in [4.69, 9.17) is 0 Å². The van der Waals surface area contributed by atoms with Crippen LogP contribution in [0.4, 0.5) is 5.69 Å². The minimum Gasteiger partial charge on any atom is -0.321 e. The maximum atomic E-state index is 11.8. The van der Waals surface area contributed by atoms with Crippen molar-refractivity contribution in [1.82, 2.24) is 9.97 Å². The number of carbonyl (C=O) groups is 1. The van der Waals surface area contributed by atoms with Crippen LogP contribution in [0.3, 0.4) is 0 Å². The minimum absolute atomic E-state index is 0.227. The van der Waals surface area contributed by atoms with Crippen molar-refractivity contribution in [3.05, 3.63) is 54.1 Å². The van der Waals surface area contributed by atoms with Crippen LogP contribution in [0.2, 0.25) is 0 Å². The highest BCUT2D eigenvalue weighted by Gasteiger charge is 2.07. The van der Waals surface area contributed by atoms with E-state index in [-0.39, 0.29) is 5.91 Å². The van der Waals surface area contributed by atoms with Gasteiger partial charge in [-0.1, -0.05) is 26.0 Å². The highest BCUT2D eigenvalue weighted by Crippen LogP contribution is 2.17. The van der Waals surface area contributed by atoms with Crippen LogP contribution in [0.5, 0.6) is 0 Å². The molecule has 0 saturated heterocycles. The van der Waals surface area contributed by atoms with Crippen LogP contribution in [0.1, 0.15) is 35.8 Å². The number of nitrogens with zero attached hydrogens (tertiary/aromatic N) is 2. The van der Waals surface area contributed by atoms with Gasteiger partial charge in [-0.2, -0.15) is 0 Å². The number of aromatic nitrogens is 2. The van der Waals surface area contributed by atoms with Crippen LogP contribution in [0.25, 0.3) is 0 Å². The number of hydrogen-bond donors (Lipinski definition) is 1. The molecule has 4 nitrogen and oxygen atoms in total. The number of amides is 1. The second-order valence-electron chi connectivity index (χ2n) is 4.33. The van der Waals surface area contributed by atoms with Crippen molar-refractivity contribution in [1.29, 1.82) is 0 Å². The Morgan fingerprint density at radius 2 is 1.89 bits per heavy atom. The Labute approximate surface area is 106 Å². The molecule has 0 aliphatic carbocycles. The lowest BCUT2D eigenvalue weighted by atomic mass is 10.0. The lowest BCUT2D eigenvalue weighted by Crippen LogP contribution is -2.13. The molecule has 0 radical (unpaired) electrons. The highest BCUT2D eigenvalue weighted by atomic mass is 16.1. The topological polar surface area (TPSA) is 54.9 Å². The Balaban J connectivity index is 2.08. The smallest absolute Gasteiger partial charge is 0.274 e. The molecule has 0 bridgehead atoms. The van der Waals surface area contributed by atoms with Gasteiger partial charge in [0.05, 0.1) is 0 Å². The molecular formula is C14H15N3O. The van der Waals surface area contributed by atoms with E-state index in [9.17, 15) is 4.79 Å². The van der Waals surface area contributed by atoms with E-state index < -0.39 is 0 Å². The van der Waals surface area contributed by atoms with Gasteiger partial charge in [0, 0.05) is 11.9 Å². The average molecular weight is 241 g/mol. The summed E-state index contributed by atoms with van der Waals surface area (Å²) < 4.78 is 0. The Morgan fingerprint density at radius 3 is 2.44 bits per heavy atom. The zero-order valence-corrected chi connectivity index (χ0v) is 10.4. The van der Waals surface area contributed by atoms with Crippen molar-refractivity contribution >= 4 is 11.6 Å². The zero-order valence-electron chi connectivity index (χ0n) is 10.4. The zero-order chi connectivity index (χ0) is 13.0. The van der Waals surface area contributed by atoms with Crippen LogP contribution in [0, 0.1) is 0 Å². The molecule has 0 aliphatic heterocycles. The van der Waals surface area contributed by atoms with E-state index in [0.717, 1.165) is 5.69 Å². The summed E-state index contributed by atoms with van der Waals surface area (Å²) in [6.07, 6.45) is 2.90. The first kappa shape index (κ1) is 12.2. The van der Waals surface area contributed by atoms with Crippen molar-refractivity contribution in [3.8, 4) is 0 Å². The second kappa shape index (κ2) is 5.40. The minimum atomic E-state index is -0.227. The normalized spacial score (nSPS) is 10.4. The van der Waals surface area contributed by atoms with Crippen LogP contribution < -0.4 is 5.32 Å². The molecule has 2 aromatic rings. The third-order valence-corrected chi connectivity index (χ3v) is 2.65. The van der Waals surface area contributed by atoms with Crippen molar-refractivity contribution in [2.45, 2.75) is 19.8 Å². The van der Waals surface area contributed by atoms with Gasteiger partial charge in [-0.3, -0.25) is 4.79 Å². The fraction of sp³-hybridized carbons (Fsp3) is 0.214. The Bertz CT molecular complexity index is 520. The SMILES string of the molecule is CC(C)c1ccc(NC(=O)c2ccncn2)cc1. The number of carbonyl (C=O) groups excluding carboxylic acids is 1. The van der Waals surface area contributed by atoms with E-state index in [1.54, 1.807) is 12.3 Å². The van der Waals surface area contributed by atoms with E-state index >= 15 is 0 Å². The summed E-state index contributed by atoms with van der Waals surface area (Å²) in [5, 5.41) is 2.80. The van der Waals surface area contributed by atoms with Gasteiger partial charge in [-0.15, -0.1) is 0 Å². The standard InChI is InChI=1S/C14H15N3O/c1-10(2)11-3-5-12(6-4-11)17-14(18)13-7-8-15-9-16-13/h3-10H,1-2H3,(H,17,18). The van der Waals surface area contributed by atoms with E-state index in [0.29, 0.717) is 11.6 Å². The van der Waals surface area contributed by atoms with Gasteiger partial charge in [0.2, 0.25) is 0 Å². The van der Waals surface area contributed by atoms with Gasteiger partial charge in [-0.25, -0.2) is 9.97 Å². The molecule has 0 saturated carbocycles. The lowest BCUT2D eigenvalue weighted by molar-refractivity contribution is 0.102. The quantitative estimate of drug-likeness (QED) is 0.899. The second-order valence-corrected chi connectivity index (χ2v) is 4.33. The molecule has 1 N–H and O–H groups in total. The predicted octanol–water partition coefficient (Wildman–Crippen LogP) is 2.85. The number of rotatable bonds is 3. The fourth-order valence-corrected chi connectivity index (χ4v) is 1.57. The monoisotopic (exact) mass is 241 g/mol. The molecule has 1 heterocycles. The molecule has 1 aromatic heterocycles. The molecule has 0 spiro atoms. The third kappa shape index (κ3) is 2.91. The number of benzene rings is 1. The predicted molar refractivity (Wildman–Crippen MR) is 70.5 cm³/mol. The van der Waals surface area contributed by atoms with Crippen molar-refractivity contribution in [3.63, 3.8) is 0 Å². The Hall–Kier alpha value is -2.23. The first-order valence-corrected chi connectivity index (χ1v) is 5.84. The van der Waals surface area contributed by atoms with Crippen LogP contribution in [-0.4, -0.2) is 15.9 Å². The Kier molecular flexibility index (Phi) is 3.67. The summed E-state index contributed by atoms with van der Waals surface area (Å²) in [6.45, 7) is 4.27. The van der Waals surface area contributed by atoms with Gasteiger partial charge in [0.15, 0.2) is 0 Å². The molecule has 0 unspecified atom stereocenters. The molecule has 1 aromatic carbocycles. The third-order valence-electron chi connectivity index (χ3n) is 2.65. The van der Waals surface area contributed by atoms with Crippen molar-refractivity contribution in [2.75, 3.05) is 5.32 Å². The number of hydrogen-bond acceptors (Lipinski definition) is 3. The van der Waals surface area contributed by atoms with Gasteiger partial charge in [0.1, 0.15) is 12.0 Å². The van der Waals surface area contributed by atoms with Crippen LogP contribution in [0.15, 0.2) is 42.9 Å². The summed E-state index contributed by atoms with van der Waals surface area (Å²) in [5.74, 6) is 0.256. The summed E-state index contributed by atoms with van der Waals surface area (Å²) in [6, 6.07) is 9.40. The lowest BCUT2D eigenvalue weighted by Gasteiger charge is -2.08. The van der Waals surface area contributed by atoms with Gasteiger partial charge in [0.25, 0.3) is 5.91 Å². The average Bonchev–Trinajstić information content (AvgIpc) is 2.40. The molecule has 92 valence electrons. The van der Waals surface area contributed by atoms with Gasteiger partial charge in [-0.05, 0) is 29.7 Å². The molecule has 2 rings (SSSR count). The number of nitrogens with one attached hydrogen (secondary N) is 1. The van der Waals surface area contributed by atoms with Gasteiger partial charge < -0.3 is 5.32 Å². The summed E-state index contributed by atoms with van der Waals surface area (Å²) in [5.41, 5.74) is 2.37. The highest BCUT2D eigenvalue weighted by molar-refractivity contribution is 6.02. The van der Waals surface area contributed by atoms with Crippen LogP contribution in [-0.2, 0) is 0 Å². The van der Waals surface area contributed by atoms with Crippen molar-refractivity contribution in [2.24, 2.45) is 0 Å². The maximum absolute atomic E-state index is 11.8. The molecule has 18 heavy (non-hydrogen) atoms. The summed E-state index contributed by atoms with van der Waals surface area (Å²) in [4.78, 5) is 19.5.